The molecule has 2 heterocycles. The van der Waals surface area contributed by atoms with Crippen LogP contribution in [0, 0.1) is 28.6 Å². The van der Waals surface area contributed by atoms with Crippen LogP contribution in [0.5, 0.6) is 0 Å². The molecule has 0 spiro atoms. The summed E-state index contributed by atoms with van der Waals surface area (Å²) in [5.74, 6) is 2.34. The SMILES string of the molecule is CC1(C)CCC[C@@]2(C)[C@@H]3CC[C@]4(C)CO[C@@H](O4)[C@H]3CC[C@H]12. The molecule has 0 aromatic carbocycles. The maximum atomic E-state index is 6.33. The van der Waals surface area contributed by atoms with Gasteiger partial charge in [0.2, 0.25) is 0 Å². The second kappa shape index (κ2) is 4.47. The molecule has 2 saturated heterocycles. The average Bonchev–Trinajstić information content (AvgIpc) is 2.70. The summed E-state index contributed by atoms with van der Waals surface area (Å²) in [6.45, 7) is 10.7. The van der Waals surface area contributed by atoms with E-state index in [9.17, 15) is 0 Å². The highest BCUT2D eigenvalue weighted by molar-refractivity contribution is 5.06. The molecular formula is C19H32O2. The van der Waals surface area contributed by atoms with E-state index < -0.39 is 0 Å². The Hall–Kier alpha value is -0.0800. The van der Waals surface area contributed by atoms with Gasteiger partial charge in [-0.2, -0.15) is 0 Å². The summed E-state index contributed by atoms with van der Waals surface area (Å²) in [6, 6.07) is 0. The van der Waals surface area contributed by atoms with E-state index in [0.717, 1.165) is 18.4 Å². The van der Waals surface area contributed by atoms with Crippen molar-refractivity contribution in [3.8, 4) is 0 Å². The quantitative estimate of drug-likeness (QED) is 0.640. The van der Waals surface area contributed by atoms with Crippen LogP contribution >= 0.6 is 0 Å². The highest BCUT2D eigenvalue weighted by atomic mass is 16.7. The Kier molecular flexibility index (Phi) is 3.09. The molecule has 21 heavy (non-hydrogen) atoms. The molecule has 0 aromatic rings. The predicted octanol–water partition coefficient (Wildman–Crippen LogP) is 4.77. The van der Waals surface area contributed by atoms with Gasteiger partial charge in [-0.05, 0) is 68.1 Å². The number of hydrogen-bond acceptors (Lipinski definition) is 2. The van der Waals surface area contributed by atoms with E-state index in [4.69, 9.17) is 9.47 Å². The first-order valence-corrected chi connectivity index (χ1v) is 9.14. The van der Waals surface area contributed by atoms with Gasteiger partial charge in [0, 0.05) is 5.92 Å². The van der Waals surface area contributed by atoms with Gasteiger partial charge in [-0.25, -0.2) is 0 Å². The molecule has 2 heteroatoms. The molecule has 0 unspecified atom stereocenters. The van der Waals surface area contributed by atoms with Crippen molar-refractivity contribution in [1.82, 2.24) is 0 Å². The van der Waals surface area contributed by atoms with E-state index in [2.05, 4.69) is 27.7 Å². The molecule has 0 radical (unpaired) electrons. The molecule has 2 saturated carbocycles. The van der Waals surface area contributed by atoms with Gasteiger partial charge in [-0.3, -0.25) is 0 Å². The third-order valence-corrected chi connectivity index (χ3v) is 7.72. The van der Waals surface area contributed by atoms with Crippen molar-refractivity contribution < 1.29 is 9.47 Å². The molecule has 6 atom stereocenters. The summed E-state index contributed by atoms with van der Waals surface area (Å²) in [4.78, 5) is 0. The van der Waals surface area contributed by atoms with Crippen molar-refractivity contribution in [2.24, 2.45) is 28.6 Å². The molecule has 2 aliphatic carbocycles. The summed E-state index contributed by atoms with van der Waals surface area (Å²) < 4.78 is 12.4. The lowest BCUT2D eigenvalue weighted by Crippen LogP contribution is -2.53. The fourth-order valence-electron chi connectivity index (χ4n) is 6.66. The Morgan fingerprint density at radius 2 is 1.71 bits per heavy atom. The van der Waals surface area contributed by atoms with Gasteiger partial charge in [0.05, 0.1) is 12.2 Å². The minimum Gasteiger partial charge on any atom is -0.349 e. The Morgan fingerprint density at radius 1 is 0.905 bits per heavy atom. The molecule has 0 amide bonds. The lowest BCUT2D eigenvalue weighted by atomic mass is 9.46. The number of ether oxygens (including phenoxy) is 2. The van der Waals surface area contributed by atoms with Crippen LogP contribution in [0.25, 0.3) is 0 Å². The van der Waals surface area contributed by atoms with Gasteiger partial charge in [0.1, 0.15) is 0 Å². The van der Waals surface area contributed by atoms with Crippen LogP contribution in [0.2, 0.25) is 0 Å². The Bertz CT molecular complexity index is 431. The zero-order valence-electron chi connectivity index (χ0n) is 14.3. The third-order valence-electron chi connectivity index (χ3n) is 7.72. The highest BCUT2D eigenvalue weighted by Gasteiger charge is 2.59. The van der Waals surface area contributed by atoms with Gasteiger partial charge >= 0.3 is 0 Å². The third kappa shape index (κ3) is 2.05. The maximum absolute atomic E-state index is 6.33. The van der Waals surface area contributed by atoms with Crippen LogP contribution in [-0.4, -0.2) is 18.5 Å². The standard InChI is InChI=1S/C19H32O2/c1-17(2)9-5-10-19(4)14-8-11-18(3)12-20-16(21-18)13(14)6-7-15(17)19/h13-16H,5-12H2,1-4H3/t13-,14+,15+,16-,18+,19-/m0/s1. The van der Waals surface area contributed by atoms with E-state index in [1.54, 1.807) is 0 Å². The molecule has 4 aliphatic rings. The molecule has 120 valence electrons. The molecule has 2 aliphatic heterocycles. The number of hydrogen-bond donors (Lipinski definition) is 0. The van der Waals surface area contributed by atoms with Crippen molar-refractivity contribution in [2.75, 3.05) is 6.61 Å². The summed E-state index contributed by atoms with van der Waals surface area (Å²) in [5.41, 5.74) is 1.03. The molecule has 4 rings (SSSR count). The van der Waals surface area contributed by atoms with E-state index >= 15 is 0 Å². The van der Waals surface area contributed by atoms with Crippen LogP contribution in [-0.2, 0) is 9.47 Å². The Balaban J connectivity index is 1.68. The van der Waals surface area contributed by atoms with Crippen LogP contribution in [0.4, 0.5) is 0 Å². The fraction of sp³-hybridized carbons (Fsp3) is 1.00. The second-order valence-corrected chi connectivity index (χ2v) is 9.53. The van der Waals surface area contributed by atoms with Gasteiger partial charge in [-0.1, -0.05) is 27.2 Å². The first-order chi connectivity index (χ1) is 9.84. The second-order valence-electron chi connectivity index (χ2n) is 9.53. The first kappa shape index (κ1) is 14.5. The van der Waals surface area contributed by atoms with Crippen LogP contribution in [0.1, 0.15) is 72.6 Å². The Morgan fingerprint density at radius 3 is 2.52 bits per heavy atom. The summed E-state index contributed by atoms with van der Waals surface area (Å²) in [7, 11) is 0. The van der Waals surface area contributed by atoms with Gasteiger partial charge < -0.3 is 9.47 Å². The zero-order chi connectivity index (χ0) is 14.9. The average molecular weight is 292 g/mol. The van der Waals surface area contributed by atoms with E-state index in [-0.39, 0.29) is 11.9 Å². The minimum atomic E-state index is -0.00194. The van der Waals surface area contributed by atoms with Gasteiger partial charge in [-0.15, -0.1) is 0 Å². The van der Waals surface area contributed by atoms with Crippen molar-refractivity contribution in [2.45, 2.75) is 84.5 Å². The summed E-state index contributed by atoms with van der Waals surface area (Å²) >= 11 is 0. The lowest BCUT2D eigenvalue weighted by molar-refractivity contribution is -0.170. The molecule has 2 nitrogen and oxygen atoms in total. The normalized spacial score (nSPS) is 55.4. The van der Waals surface area contributed by atoms with E-state index in [1.165, 1.54) is 44.9 Å². The largest absolute Gasteiger partial charge is 0.349 e. The molecule has 0 N–H and O–H groups in total. The van der Waals surface area contributed by atoms with Crippen molar-refractivity contribution in [1.29, 1.82) is 0 Å². The van der Waals surface area contributed by atoms with Crippen molar-refractivity contribution >= 4 is 0 Å². The lowest BCUT2D eigenvalue weighted by Gasteiger charge is -2.59. The maximum Gasteiger partial charge on any atom is 0.161 e. The fourth-order valence-corrected chi connectivity index (χ4v) is 6.66. The van der Waals surface area contributed by atoms with Gasteiger partial charge in [0.15, 0.2) is 6.29 Å². The first-order valence-electron chi connectivity index (χ1n) is 9.14. The number of rotatable bonds is 0. The van der Waals surface area contributed by atoms with Crippen LogP contribution in [0.3, 0.4) is 0 Å². The minimum absolute atomic E-state index is 0.00194. The van der Waals surface area contributed by atoms with Crippen molar-refractivity contribution in [3.63, 3.8) is 0 Å². The molecule has 2 bridgehead atoms. The monoisotopic (exact) mass is 292 g/mol. The predicted molar refractivity (Wildman–Crippen MR) is 83.9 cm³/mol. The molecule has 0 aromatic heterocycles. The summed E-state index contributed by atoms with van der Waals surface area (Å²) in [6.07, 6.45) is 9.57. The highest BCUT2D eigenvalue weighted by Crippen LogP contribution is 2.64. The molecular weight excluding hydrogens is 260 g/mol. The smallest absolute Gasteiger partial charge is 0.161 e. The molecule has 4 fully saturated rings. The summed E-state index contributed by atoms with van der Waals surface area (Å²) in [5, 5.41) is 0. The van der Waals surface area contributed by atoms with E-state index in [0.29, 0.717) is 16.7 Å². The topological polar surface area (TPSA) is 18.5 Å². The van der Waals surface area contributed by atoms with Crippen LogP contribution < -0.4 is 0 Å². The van der Waals surface area contributed by atoms with Crippen LogP contribution in [0.15, 0.2) is 0 Å². The Labute approximate surface area is 130 Å². The zero-order valence-corrected chi connectivity index (χ0v) is 14.3. The van der Waals surface area contributed by atoms with Gasteiger partial charge in [0.25, 0.3) is 0 Å². The van der Waals surface area contributed by atoms with Crippen molar-refractivity contribution in [3.05, 3.63) is 0 Å². The number of fused-ring (bicyclic) bond motifs is 6. The van der Waals surface area contributed by atoms with E-state index in [1.807, 2.05) is 0 Å².